The molecule has 0 heterocycles. The van der Waals surface area contributed by atoms with Gasteiger partial charge in [-0.1, -0.05) is 289 Å². The molecule has 0 bridgehead atoms. The summed E-state index contributed by atoms with van der Waals surface area (Å²) in [7, 11) is 0. The van der Waals surface area contributed by atoms with Gasteiger partial charge in [0.2, 0.25) is 5.91 Å². The van der Waals surface area contributed by atoms with Crippen molar-refractivity contribution in [1.29, 1.82) is 0 Å². The number of carbonyl (C=O) groups is 1. The molecule has 0 rings (SSSR count). The summed E-state index contributed by atoms with van der Waals surface area (Å²) >= 11 is 0. The van der Waals surface area contributed by atoms with Gasteiger partial charge in [-0.2, -0.15) is 0 Å². The van der Waals surface area contributed by atoms with Crippen LogP contribution in [0.4, 0.5) is 0 Å². The molecule has 0 aliphatic carbocycles. The molecule has 0 aliphatic rings. The molecule has 4 unspecified atom stereocenters. The van der Waals surface area contributed by atoms with Crippen molar-refractivity contribution >= 4 is 5.91 Å². The van der Waals surface area contributed by atoms with E-state index in [0.717, 1.165) is 38.5 Å². The molecule has 1 amide bonds. The third kappa shape index (κ3) is 46.0. The Morgan fingerprint density at radius 2 is 0.635 bits per heavy atom. The average molecular weight is 893 g/mol. The summed E-state index contributed by atoms with van der Waals surface area (Å²) in [5, 5.41) is 44.0. The van der Waals surface area contributed by atoms with Crippen LogP contribution in [0.1, 0.15) is 316 Å². The van der Waals surface area contributed by atoms with E-state index in [9.17, 15) is 25.2 Å². The average Bonchev–Trinajstić information content (AvgIpc) is 3.29. The Kier molecular flexibility index (Phi) is 51.2. The van der Waals surface area contributed by atoms with Gasteiger partial charge in [0.15, 0.2) is 0 Å². The summed E-state index contributed by atoms with van der Waals surface area (Å²) in [5.41, 5.74) is 0. The molecule has 63 heavy (non-hydrogen) atoms. The normalized spacial score (nSPS) is 13.8. The highest BCUT2D eigenvalue weighted by molar-refractivity contribution is 5.80. The van der Waals surface area contributed by atoms with Crippen LogP contribution >= 0.6 is 0 Å². The highest BCUT2D eigenvalue weighted by Crippen LogP contribution is 2.18. The lowest BCUT2D eigenvalue weighted by molar-refractivity contribution is -0.132. The van der Waals surface area contributed by atoms with Crippen molar-refractivity contribution in [2.45, 2.75) is 340 Å². The smallest absolute Gasteiger partial charge is 0.249 e. The second-order valence-corrected chi connectivity index (χ2v) is 20.0. The molecule has 0 aromatic carbocycles. The first-order valence-electron chi connectivity index (χ1n) is 28.6. The van der Waals surface area contributed by atoms with Crippen molar-refractivity contribution in [1.82, 2.24) is 5.32 Å². The van der Waals surface area contributed by atoms with Crippen molar-refractivity contribution in [3.63, 3.8) is 0 Å². The van der Waals surface area contributed by atoms with Crippen LogP contribution in [-0.4, -0.2) is 57.3 Å². The fourth-order valence-corrected chi connectivity index (χ4v) is 9.23. The molecule has 0 aromatic rings. The number of carbonyl (C=O) groups excluding carboxylic acids is 1. The van der Waals surface area contributed by atoms with Crippen molar-refractivity contribution in [2.24, 2.45) is 0 Å². The van der Waals surface area contributed by atoms with Crippen LogP contribution in [0.25, 0.3) is 0 Å². The van der Waals surface area contributed by atoms with Crippen molar-refractivity contribution in [3.8, 4) is 0 Å². The zero-order valence-corrected chi connectivity index (χ0v) is 42.6. The minimum Gasteiger partial charge on any atom is -0.394 e. The highest BCUT2D eigenvalue weighted by Gasteiger charge is 2.28. The molecule has 0 fully saturated rings. The predicted molar refractivity (Wildman–Crippen MR) is 275 cm³/mol. The van der Waals surface area contributed by atoms with Gasteiger partial charge in [-0.05, 0) is 38.5 Å². The Labute approximate surface area is 393 Å². The summed E-state index contributed by atoms with van der Waals surface area (Å²) in [5.74, 6) is -0.581. The maximum atomic E-state index is 12.6. The molecule has 0 radical (unpaired) electrons. The van der Waals surface area contributed by atoms with Crippen LogP contribution in [0.3, 0.4) is 0 Å². The minimum atomic E-state index is -1.26. The van der Waals surface area contributed by atoms with E-state index in [1.807, 2.05) is 0 Å². The third-order valence-electron chi connectivity index (χ3n) is 13.7. The van der Waals surface area contributed by atoms with Crippen LogP contribution in [0, 0.1) is 0 Å². The first-order chi connectivity index (χ1) is 31.0. The fraction of sp³-hybridized carbons (Fsp3) is 0.947. The van der Waals surface area contributed by atoms with E-state index in [4.69, 9.17) is 0 Å². The minimum absolute atomic E-state index is 0.369. The van der Waals surface area contributed by atoms with Crippen LogP contribution in [0.2, 0.25) is 0 Å². The molecular formula is C57H113NO5. The molecule has 5 N–H and O–H groups in total. The topological polar surface area (TPSA) is 110 Å². The van der Waals surface area contributed by atoms with Gasteiger partial charge in [0, 0.05) is 0 Å². The molecule has 4 atom stereocenters. The van der Waals surface area contributed by atoms with Crippen LogP contribution in [-0.2, 0) is 4.79 Å². The monoisotopic (exact) mass is 892 g/mol. The number of aliphatic hydroxyl groups excluding tert-OH is 4. The summed E-state index contributed by atoms with van der Waals surface area (Å²) in [6, 6.07) is -0.985. The van der Waals surface area contributed by atoms with Gasteiger partial charge < -0.3 is 25.7 Å². The molecule has 0 aliphatic heterocycles. The number of hydrogen-bond acceptors (Lipinski definition) is 5. The summed E-state index contributed by atoms with van der Waals surface area (Å²) in [4.78, 5) is 12.6. The van der Waals surface area contributed by atoms with Gasteiger partial charge in [-0.15, -0.1) is 0 Å². The summed E-state index contributed by atoms with van der Waals surface area (Å²) in [6.45, 7) is 4.10. The van der Waals surface area contributed by atoms with E-state index in [2.05, 4.69) is 31.3 Å². The van der Waals surface area contributed by atoms with Gasteiger partial charge in [0.1, 0.15) is 12.2 Å². The maximum Gasteiger partial charge on any atom is 0.249 e. The number of hydrogen-bond donors (Lipinski definition) is 5. The zero-order chi connectivity index (χ0) is 45.9. The van der Waals surface area contributed by atoms with E-state index < -0.39 is 36.9 Å². The summed E-state index contributed by atoms with van der Waals surface area (Å²) < 4.78 is 0. The van der Waals surface area contributed by atoms with Crippen LogP contribution in [0.5, 0.6) is 0 Å². The highest BCUT2D eigenvalue weighted by atomic mass is 16.3. The number of rotatable bonds is 53. The largest absolute Gasteiger partial charge is 0.394 e. The lowest BCUT2D eigenvalue weighted by Gasteiger charge is -2.27. The Hall–Kier alpha value is -0.950. The Morgan fingerprint density at radius 1 is 0.381 bits per heavy atom. The quantitative estimate of drug-likeness (QED) is 0.0309. The van der Waals surface area contributed by atoms with Gasteiger partial charge in [-0.25, -0.2) is 0 Å². The SMILES string of the molecule is CCCCCCCCCCCCCC/C=C\CCCCCCCCCCC(O)C(=O)NC(CO)C(O)C(O)CCCCCCCCCCCCCCCCCCCCCCCCC. The molecule has 0 spiro atoms. The Bertz CT molecular complexity index is 913. The van der Waals surface area contributed by atoms with Crippen molar-refractivity contribution in [3.05, 3.63) is 12.2 Å². The molecule has 0 saturated heterocycles. The number of unbranched alkanes of at least 4 members (excludes halogenated alkanes) is 42. The molecule has 376 valence electrons. The number of aliphatic hydroxyl groups is 4. The number of nitrogens with one attached hydrogen (secondary N) is 1. The number of amides is 1. The maximum absolute atomic E-state index is 12.6. The first-order valence-corrected chi connectivity index (χ1v) is 28.6. The Balaban J connectivity index is 3.61. The molecule has 0 saturated carbocycles. The molecular weight excluding hydrogens is 779 g/mol. The summed E-state index contributed by atoms with van der Waals surface area (Å²) in [6.07, 6.45) is 61.3. The fourth-order valence-electron chi connectivity index (χ4n) is 9.23. The van der Waals surface area contributed by atoms with Crippen molar-refractivity contribution in [2.75, 3.05) is 6.61 Å². The zero-order valence-electron chi connectivity index (χ0n) is 42.6. The Morgan fingerprint density at radius 3 is 0.921 bits per heavy atom. The lowest BCUT2D eigenvalue weighted by Crippen LogP contribution is -2.53. The first kappa shape index (κ1) is 62.1. The molecule has 6 nitrogen and oxygen atoms in total. The van der Waals surface area contributed by atoms with E-state index in [-0.39, 0.29) is 0 Å². The third-order valence-corrected chi connectivity index (χ3v) is 13.7. The number of allylic oxidation sites excluding steroid dienone is 2. The van der Waals surface area contributed by atoms with E-state index >= 15 is 0 Å². The van der Waals surface area contributed by atoms with E-state index in [0.29, 0.717) is 12.8 Å². The second-order valence-electron chi connectivity index (χ2n) is 20.0. The lowest BCUT2D eigenvalue weighted by atomic mass is 9.99. The van der Waals surface area contributed by atoms with Crippen LogP contribution < -0.4 is 5.32 Å². The second kappa shape index (κ2) is 52.0. The van der Waals surface area contributed by atoms with Crippen molar-refractivity contribution < 1.29 is 25.2 Å². The molecule has 0 aromatic heterocycles. The van der Waals surface area contributed by atoms with Gasteiger partial charge in [0.05, 0.1) is 18.8 Å². The van der Waals surface area contributed by atoms with Gasteiger partial charge in [-0.3, -0.25) is 4.79 Å². The van der Waals surface area contributed by atoms with Gasteiger partial charge in [0.25, 0.3) is 0 Å². The van der Waals surface area contributed by atoms with Gasteiger partial charge >= 0.3 is 0 Å². The van der Waals surface area contributed by atoms with E-state index in [1.54, 1.807) is 0 Å². The predicted octanol–water partition coefficient (Wildman–Crippen LogP) is 16.5. The molecule has 6 heteroatoms. The van der Waals surface area contributed by atoms with Crippen LogP contribution in [0.15, 0.2) is 12.2 Å². The van der Waals surface area contributed by atoms with E-state index in [1.165, 1.54) is 250 Å². The standard InChI is InChI=1S/C57H113NO5/c1-3-5-7-9-11-13-15-17-19-21-23-25-27-29-31-33-35-37-39-41-43-45-47-49-51-55(61)57(63)58-53(52-59)56(62)54(60)50-48-46-44-42-40-38-36-34-32-30-28-26-24-22-20-18-16-14-12-10-8-6-4-2/h29,31,53-56,59-62H,3-28,30,32-52H2,1-2H3,(H,58,63)/b31-29-.